The number of nitriles is 1. The number of carbonyl (C=O) groups is 1. The first-order chi connectivity index (χ1) is 13.0. The van der Waals surface area contributed by atoms with Crippen LogP contribution in [0.25, 0.3) is 0 Å². The molecule has 0 saturated carbocycles. The quantitative estimate of drug-likeness (QED) is 0.858. The molecule has 0 unspecified atom stereocenters. The smallest absolute Gasteiger partial charge is 0.243 e. The number of piperidine rings is 1. The van der Waals surface area contributed by atoms with E-state index >= 15 is 0 Å². The van der Waals surface area contributed by atoms with E-state index in [1.54, 1.807) is 42.5 Å². The molecule has 3 rings (SSSR count). The van der Waals surface area contributed by atoms with Gasteiger partial charge in [-0.3, -0.25) is 4.79 Å². The van der Waals surface area contributed by atoms with Gasteiger partial charge in [0.25, 0.3) is 0 Å². The fourth-order valence-corrected chi connectivity index (χ4v) is 4.62. The minimum Gasteiger partial charge on any atom is -0.352 e. The molecule has 0 radical (unpaired) electrons. The Balaban J connectivity index is 1.52. The Kier molecular flexibility index (Phi) is 5.89. The lowest BCUT2D eigenvalue weighted by atomic mass is 9.97. The van der Waals surface area contributed by atoms with Crippen LogP contribution in [0.2, 0.25) is 0 Å². The lowest BCUT2D eigenvalue weighted by Gasteiger charge is -2.30. The number of hydrogen-bond donors (Lipinski definition) is 1. The van der Waals surface area contributed by atoms with E-state index in [9.17, 15) is 13.2 Å². The van der Waals surface area contributed by atoms with Gasteiger partial charge in [-0.05, 0) is 42.7 Å². The number of rotatable bonds is 5. The Morgan fingerprint density at radius 3 is 2.30 bits per heavy atom. The van der Waals surface area contributed by atoms with Gasteiger partial charge in [0.2, 0.25) is 15.9 Å². The van der Waals surface area contributed by atoms with E-state index in [2.05, 4.69) is 11.4 Å². The van der Waals surface area contributed by atoms with Gasteiger partial charge in [0.1, 0.15) is 0 Å². The van der Waals surface area contributed by atoms with Crippen molar-refractivity contribution in [2.45, 2.75) is 24.3 Å². The summed E-state index contributed by atoms with van der Waals surface area (Å²) in [5.74, 6) is -0.248. The maximum Gasteiger partial charge on any atom is 0.243 e. The first-order valence-electron chi connectivity index (χ1n) is 8.82. The molecular formula is C20H21N3O3S. The monoisotopic (exact) mass is 383 g/mol. The fraction of sp³-hybridized carbons (Fsp3) is 0.300. The highest BCUT2D eigenvalue weighted by Gasteiger charge is 2.31. The van der Waals surface area contributed by atoms with Crippen molar-refractivity contribution < 1.29 is 13.2 Å². The van der Waals surface area contributed by atoms with Gasteiger partial charge in [0.15, 0.2) is 0 Å². The van der Waals surface area contributed by atoms with Crippen LogP contribution in [0.3, 0.4) is 0 Å². The van der Waals surface area contributed by atoms with Crippen molar-refractivity contribution in [1.29, 1.82) is 5.26 Å². The van der Waals surface area contributed by atoms with Crippen LogP contribution in [0.1, 0.15) is 24.0 Å². The second-order valence-corrected chi connectivity index (χ2v) is 8.46. The molecule has 0 atom stereocenters. The summed E-state index contributed by atoms with van der Waals surface area (Å²) >= 11 is 0. The normalized spacial score (nSPS) is 15.8. The Labute approximate surface area is 159 Å². The molecule has 140 valence electrons. The first-order valence-corrected chi connectivity index (χ1v) is 10.3. The number of nitrogens with one attached hydrogen (secondary N) is 1. The second kappa shape index (κ2) is 8.33. The second-order valence-electron chi connectivity index (χ2n) is 6.52. The topological polar surface area (TPSA) is 90.3 Å². The molecule has 27 heavy (non-hydrogen) atoms. The summed E-state index contributed by atoms with van der Waals surface area (Å²) in [6.07, 6.45) is 1.01. The molecule has 1 fully saturated rings. The molecule has 1 amide bonds. The van der Waals surface area contributed by atoms with Crippen molar-refractivity contribution in [3.05, 3.63) is 65.7 Å². The molecule has 1 N–H and O–H groups in total. The molecular weight excluding hydrogens is 362 g/mol. The Hall–Kier alpha value is -2.69. The van der Waals surface area contributed by atoms with Crippen molar-refractivity contribution in [3.8, 4) is 6.07 Å². The van der Waals surface area contributed by atoms with E-state index < -0.39 is 10.0 Å². The first kappa shape index (κ1) is 19.1. The predicted octanol–water partition coefficient (Wildman–Crippen LogP) is 2.28. The van der Waals surface area contributed by atoms with Gasteiger partial charge in [-0.2, -0.15) is 9.57 Å². The summed E-state index contributed by atoms with van der Waals surface area (Å²) in [5, 5.41) is 11.7. The van der Waals surface area contributed by atoms with E-state index in [4.69, 9.17) is 5.26 Å². The molecule has 2 aromatic rings. The van der Waals surface area contributed by atoms with E-state index in [1.165, 1.54) is 4.31 Å². The van der Waals surface area contributed by atoms with Gasteiger partial charge in [0, 0.05) is 25.6 Å². The lowest BCUT2D eigenvalue weighted by molar-refractivity contribution is -0.126. The number of nitrogens with zero attached hydrogens (tertiary/aromatic N) is 2. The number of sulfonamides is 1. The standard InChI is InChI=1S/C20H21N3O3S/c21-14-16-6-8-17(9-7-16)15-22-20(24)18-10-12-23(13-11-18)27(25,26)19-4-2-1-3-5-19/h1-9,18H,10-13,15H2,(H,22,24). The molecule has 7 heteroatoms. The van der Waals surface area contributed by atoms with Gasteiger partial charge in [-0.25, -0.2) is 8.42 Å². The van der Waals surface area contributed by atoms with E-state index in [0.717, 1.165) is 5.56 Å². The molecule has 0 aromatic heterocycles. The maximum atomic E-state index is 12.6. The number of amides is 1. The van der Waals surface area contributed by atoms with Crippen LogP contribution in [-0.2, 0) is 21.4 Å². The van der Waals surface area contributed by atoms with Crippen LogP contribution in [0.5, 0.6) is 0 Å². The zero-order valence-electron chi connectivity index (χ0n) is 14.8. The molecule has 1 aliphatic rings. The summed E-state index contributed by atoms with van der Waals surface area (Å²) in [6.45, 7) is 1.07. The maximum absolute atomic E-state index is 12.6. The minimum atomic E-state index is -3.50. The molecule has 1 aliphatic heterocycles. The van der Waals surface area contributed by atoms with Crippen molar-refractivity contribution >= 4 is 15.9 Å². The van der Waals surface area contributed by atoms with Gasteiger partial charge >= 0.3 is 0 Å². The van der Waals surface area contributed by atoms with Crippen molar-refractivity contribution in [2.75, 3.05) is 13.1 Å². The van der Waals surface area contributed by atoms with Crippen LogP contribution in [0, 0.1) is 17.2 Å². The summed E-state index contributed by atoms with van der Waals surface area (Å²) in [4.78, 5) is 12.7. The molecule has 0 aliphatic carbocycles. The highest BCUT2D eigenvalue weighted by Crippen LogP contribution is 2.24. The van der Waals surface area contributed by atoms with Gasteiger partial charge in [-0.1, -0.05) is 30.3 Å². The molecule has 6 nitrogen and oxygen atoms in total. The molecule has 0 bridgehead atoms. The lowest BCUT2D eigenvalue weighted by Crippen LogP contribution is -2.42. The van der Waals surface area contributed by atoms with E-state index in [0.29, 0.717) is 38.0 Å². The SMILES string of the molecule is N#Cc1ccc(CNC(=O)C2CCN(S(=O)(=O)c3ccccc3)CC2)cc1. The van der Waals surface area contributed by atoms with Crippen LogP contribution in [-0.4, -0.2) is 31.7 Å². The molecule has 2 aromatic carbocycles. The van der Waals surface area contributed by atoms with Gasteiger partial charge < -0.3 is 5.32 Å². The molecule has 1 heterocycles. The highest BCUT2D eigenvalue weighted by molar-refractivity contribution is 7.89. The van der Waals surface area contributed by atoms with Crippen LogP contribution in [0.15, 0.2) is 59.5 Å². The Bertz CT molecular complexity index is 927. The third-order valence-electron chi connectivity index (χ3n) is 4.76. The van der Waals surface area contributed by atoms with Gasteiger partial charge in [0.05, 0.1) is 16.5 Å². The number of benzene rings is 2. The minimum absolute atomic E-state index is 0.0591. The van der Waals surface area contributed by atoms with Crippen LogP contribution < -0.4 is 5.32 Å². The van der Waals surface area contributed by atoms with Crippen LogP contribution >= 0.6 is 0 Å². The fourth-order valence-electron chi connectivity index (χ4n) is 3.13. The third-order valence-corrected chi connectivity index (χ3v) is 6.67. The largest absolute Gasteiger partial charge is 0.352 e. The Morgan fingerprint density at radius 1 is 1.07 bits per heavy atom. The summed E-state index contributed by atoms with van der Waals surface area (Å²) in [6, 6.07) is 17.5. The number of hydrogen-bond acceptors (Lipinski definition) is 4. The van der Waals surface area contributed by atoms with E-state index in [1.807, 2.05) is 12.1 Å². The van der Waals surface area contributed by atoms with Gasteiger partial charge in [-0.15, -0.1) is 0 Å². The zero-order valence-corrected chi connectivity index (χ0v) is 15.7. The van der Waals surface area contributed by atoms with Crippen molar-refractivity contribution in [1.82, 2.24) is 9.62 Å². The molecule has 1 saturated heterocycles. The highest BCUT2D eigenvalue weighted by atomic mass is 32.2. The van der Waals surface area contributed by atoms with Crippen LogP contribution in [0.4, 0.5) is 0 Å². The van der Waals surface area contributed by atoms with Crippen molar-refractivity contribution in [3.63, 3.8) is 0 Å². The average Bonchev–Trinajstić information content (AvgIpc) is 2.73. The summed E-state index contributed by atoms with van der Waals surface area (Å²) < 4.78 is 26.7. The molecule has 0 spiro atoms. The predicted molar refractivity (Wildman–Crippen MR) is 101 cm³/mol. The van der Waals surface area contributed by atoms with E-state index in [-0.39, 0.29) is 16.7 Å². The Morgan fingerprint density at radius 2 is 1.70 bits per heavy atom. The third kappa shape index (κ3) is 4.54. The summed E-state index contributed by atoms with van der Waals surface area (Å²) in [7, 11) is -3.50. The van der Waals surface area contributed by atoms with Crippen molar-refractivity contribution in [2.24, 2.45) is 5.92 Å². The number of carbonyl (C=O) groups excluding carboxylic acids is 1. The zero-order chi connectivity index (χ0) is 19.3. The average molecular weight is 383 g/mol. The summed E-state index contributed by atoms with van der Waals surface area (Å²) in [5.41, 5.74) is 1.50.